The van der Waals surface area contributed by atoms with Crippen LogP contribution in [-0.4, -0.2) is 13.6 Å². The normalized spacial score (nSPS) is 10.7. The quantitative estimate of drug-likeness (QED) is 0.916. The second-order valence-corrected chi connectivity index (χ2v) is 5.54. The van der Waals surface area contributed by atoms with Crippen molar-refractivity contribution < 1.29 is 4.42 Å². The van der Waals surface area contributed by atoms with Gasteiger partial charge in [0.15, 0.2) is 0 Å². The predicted octanol–water partition coefficient (Wildman–Crippen LogP) is 3.49. The van der Waals surface area contributed by atoms with E-state index in [0.29, 0.717) is 6.54 Å². The Bertz CT molecular complexity index is 551. The smallest absolute Gasteiger partial charge is 0.123 e. The molecule has 19 heavy (non-hydrogen) atoms. The van der Waals surface area contributed by atoms with Crippen molar-refractivity contribution >= 4 is 21.6 Å². The number of halogens is 1. The summed E-state index contributed by atoms with van der Waals surface area (Å²) in [5.74, 6) is 1.92. The molecule has 0 aliphatic carbocycles. The molecule has 0 radical (unpaired) electrons. The van der Waals surface area contributed by atoms with E-state index in [0.717, 1.165) is 34.6 Å². The summed E-state index contributed by atoms with van der Waals surface area (Å²) >= 11 is 3.60. The average molecular weight is 323 g/mol. The molecule has 0 saturated carbocycles. The highest BCUT2D eigenvalue weighted by Gasteiger charge is 2.07. The molecule has 0 aliphatic heterocycles. The molecule has 4 heteroatoms. The minimum atomic E-state index is 0.666. The highest BCUT2D eigenvalue weighted by atomic mass is 79.9. The fraction of sp³-hybridized carbons (Fsp3) is 0.333. The highest BCUT2D eigenvalue weighted by molar-refractivity contribution is 9.10. The van der Waals surface area contributed by atoms with E-state index in [2.05, 4.69) is 46.1 Å². The number of hydrogen-bond donors (Lipinski definition) is 1. The first-order valence-corrected chi connectivity index (χ1v) is 7.14. The van der Waals surface area contributed by atoms with Crippen LogP contribution >= 0.6 is 15.9 Å². The maximum Gasteiger partial charge on any atom is 0.123 e. The summed E-state index contributed by atoms with van der Waals surface area (Å²) < 4.78 is 6.71. The molecule has 1 aromatic heterocycles. The topological polar surface area (TPSA) is 42.4 Å². The number of nitrogens with zero attached hydrogens (tertiary/aromatic N) is 1. The fourth-order valence-electron chi connectivity index (χ4n) is 2.03. The molecule has 0 atom stereocenters. The Labute approximate surface area is 122 Å². The molecule has 0 amide bonds. The van der Waals surface area contributed by atoms with Crippen molar-refractivity contribution in [2.75, 3.05) is 18.5 Å². The average Bonchev–Trinajstić information content (AvgIpc) is 2.77. The Kier molecular flexibility index (Phi) is 4.66. The molecule has 0 bridgehead atoms. The minimum absolute atomic E-state index is 0.666. The first-order chi connectivity index (χ1) is 9.10. The monoisotopic (exact) mass is 322 g/mol. The van der Waals surface area contributed by atoms with Gasteiger partial charge in [0, 0.05) is 17.2 Å². The molecule has 0 spiro atoms. The third-order valence-electron chi connectivity index (χ3n) is 3.08. The van der Waals surface area contributed by atoms with E-state index >= 15 is 0 Å². The van der Waals surface area contributed by atoms with Crippen LogP contribution in [0.1, 0.15) is 17.1 Å². The van der Waals surface area contributed by atoms with Gasteiger partial charge in [-0.25, -0.2) is 0 Å². The second-order valence-electron chi connectivity index (χ2n) is 4.68. The number of aryl methyl sites for hydroxylation is 1. The summed E-state index contributed by atoms with van der Waals surface area (Å²) in [6.45, 7) is 3.39. The Morgan fingerprint density at radius 2 is 2.05 bits per heavy atom. The van der Waals surface area contributed by atoms with E-state index in [-0.39, 0.29) is 0 Å². The molecule has 2 N–H and O–H groups in total. The zero-order chi connectivity index (χ0) is 13.8. The van der Waals surface area contributed by atoms with Crippen LogP contribution in [0, 0.1) is 6.92 Å². The zero-order valence-corrected chi connectivity index (χ0v) is 12.9. The van der Waals surface area contributed by atoms with Crippen LogP contribution in [0.25, 0.3) is 0 Å². The van der Waals surface area contributed by atoms with Crippen molar-refractivity contribution in [1.29, 1.82) is 0 Å². The number of hydrogen-bond acceptors (Lipinski definition) is 3. The molecule has 0 saturated heterocycles. The van der Waals surface area contributed by atoms with Crippen molar-refractivity contribution in [2.24, 2.45) is 5.73 Å². The summed E-state index contributed by atoms with van der Waals surface area (Å²) in [6, 6.07) is 10.4. The van der Waals surface area contributed by atoms with Crippen molar-refractivity contribution in [3.05, 3.63) is 51.9 Å². The van der Waals surface area contributed by atoms with Crippen LogP contribution in [0.5, 0.6) is 0 Å². The maximum absolute atomic E-state index is 5.60. The summed E-state index contributed by atoms with van der Waals surface area (Å²) in [6.07, 6.45) is 0.891. The fourth-order valence-corrected chi connectivity index (χ4v) is 2.59. The van der Waals surface area contributed by atoms with Crippen molar-refractivity contribution in [1.82, 2.24) is 0 Å². The van der Waals surface area contributed by atoms with Gasteiger partial charge in [-0.15, -0.1) is 0 Å². The van der Waals surface area contributed by atoms with Gasteiger partial charge < -0.3 is 15.1 Å². The SMILES string of the molecule is Cc1ccc(CN(C)c2ccc(CCN)c(Br)c2)o1. The summed E-state index contributed by atoms with van der Waals surface area (Å²) in [5, 5.41) is 0. The van der Waals surface area contributed by atoms with Crippen molar-refractivity contribution in [3.8, 4) is 0 Å². The van der Waals surface area contributed by atoms with Crippen LogP contribution in [0.2, 0.25) is 0 Å². The largest absolute Gasteiger partial charge is 0.464 e. The standard InChI is InChI=1S/C15H19BrN2O/c1-11-3-6-14(19-11)10-18(2)13-5-4-12(7-8-17)15(16)9-13/h3-6,9H,7-8,10,17H2,1-2H3. The molecular formula is C15H19BrN2O. The van der Waals surface area contributed by atoms with Gasteiger partial charge in [-0.05, 0) is 49.7 Å². The van der Waals surface area contributed by atoms with Gasteiger partial charge in [0.2, 0.25) is 0 Å². The van der Waals surface area contributed by atoms with Crippen molar-refractivity contribution in [3.63, 3.8) is 0 Å². The van der Waals surface area contributed by atoms with E-state index in [1.165, 1.54) is 5.56 Å². The second kappa shape index (κ2) is 6.26. The van der Waals surface area contributed by atoms with E-state index in [1.54, 1.807) is 0 Å². The van der Waals surface area contributed by atoms with E-state index in [4.69, 9.17) is 10.2 Å². The summed E-state index contributed by atoms with van der Waals surface area (Å²) in [7, 11) is 2.06. The summed E-state index contributed by atoms with van der Waals surface area (Å²) in [4.78, 5) is 2.16. The van der Waals surface area contributed by atoms with E-state index < -0.39 is 0 Å². The predicted molar refractivity (Wildman–Crippen MR) is 82.5 cm³/mol. The first-order valence-electron chi connectivity index (χ1n) is 6.35. The lowest BCUT2D eigenvalue weighted by atomic mass is 10.1. The highest BCUT2D eigenvalue weighted by Crippen LogP contribution is 2.25. The van der Waals surface area contributed by atoms with Gasteiger partial charge in [0.25, 0.3) is 0 Å². The van der Waals surface area contributed by atoms with Gasteiger partial charge in [0.1, 0.15) is 11.5 Å². The Balaban J connectivity index is 2.10. The first kappa shape index (κ1) is 14.2. The maximum atomic E-state index is 5.60. The van der Waals surface area contributed by atoms with Crippen LogP contribution in [0.15, 0.2) is 39.2 Å². The van der Waals surface area contributed by atoms with Gasteiger partial charge in [-0.3, -0.25) is 0 Å². The molecular weight excluding hydrogens is 304 g/mol. The lowest BCUT2D eigenvalue weighted by Crippen LogP contribution is -2.16. The molecule has 0 aliphatic rings. The zero-order valence-electron chi connectivity index (χ0n) is 11.3. The van der Waals surface area contributed by atoms with Crippen LogP contribution in [0.3, 0.4) is 0 Å². The number of rotatable bonds is 5. The van der Waals surface area contributed by atoms with Crippen LogP contribution in [-0.2, 0) is 13.0 Å². The van der Waals surface area contributed by atoms with Crippen LogP contribution in [0.4, 0.5) is 5.69 Å². The molecule has 0 unspecified atom stereocenters. The molecule has 2 aromatic rings. The summed E-state index contributed by atoms with van der Waals surface area (Å²) in [5.41, 5.74) is 7.99. The molecule has 0 fully saturated rings. The molecule has 1 heterocycles. The van der Waals surface area contributed by atoms with Gasteiger partial charge in [-0.1, -0.05) is 22.0 Å². The van der Waals surface area contributed by atoms with Gasteiger partial charge >= 0.3 is 0 Å². The Hall–Kier alpha value is -1.26. The lowest BCUT2D eigenvalue weighted by molar-refractivity contribution is 0.482. The number of benzene rings is 1. The van der Waals surface area contributed by atoms with Gasteiger partial charge in [-0.2, -0.15) is 0 Å². The molecule has 102 valence electrons. The third kappa shape index (κ3) is 3.61. The Morgan fingerprint density at radius 3 is 2.63 bits per heavy atom. The minimum Gasteiger partial charge on any atom is -0.464 e. The number of anilines is 1. The number of nitrogens with two attached hydrogens (primary N) is 1. The van der Waals surface area contributed by atoms with E-state index in [9.17, 15) is 0 Å². The third-order valence-corrected chi connectivity index (χ3v) is 3.82. The van der Waals surface area contributed by atoms with Gasteiger partial charge in [0.05, 0.1) is 6.54 Å². The molecule has 3 nitrogen and oxygen atoms in total. The Morgan fingerprint density at radius 1 is 1.26 bits per heavy atom. The number of furan rings is 1. The van der Waals surface area contributed by atoms with Crippen molar-refractivity contribution in [2.45, 2.75) is 19.9 Å². The molecule has 1 aromatic carbocycles. The van der Waals surface area contributed by atoms with Crippen LogP contribution < -0.4 is 10.6 Å². The molecule has 2 rings (SSSR count). The lowest BCUT2D eigenvalue weighted by Gasteiger charge is -2.19. The van der Waals surface area contributed by atoms with E-state index in [1.807, 2.05) is 19.1 Å².